The molecule has 0 amide bonds. The van der Waals surface area contributed by atoms with Crippen molar-refractivity contribution in [1.29, 1.82) is 0 Å². The largest absolute Gasteiger partial charge is 0.395 e. The number of aliphatic hydroxyl groups excluding tert-OH is 1. The summed E-state index contributed by atoms with van der Waals surface area (Å²) in [5.41, 5.74) is 0.469. The van der Waals surface area contributed by atoms with Gasteiger partial charge in [0.1, 0.15) is 0 Å². The van der Waals surface area contributed by atoms with Crippen LogP contribution in [0, 0.1) is 0 Å². The van der Waals surface area contributed by atoms with E-state index >= 15 is 0 Å². The third kappa shape index (κ3) is 2.98. The molecule has 1 heterocycles. The van der Waals surface area contributed by atoms with Gasteiger partial charge in [0.15, 0.2) is 5.03 Å². The number of hydrogen-bond donors (Lipinski definition) is 2. The van der Waals surface area contributed by atoms with Crippen molar-refractivity contribution in [3.8, 4) is 0 Å². The predicted molar refractivity (Wildman–Crippen MR) is 69.9 cm³/mol. The first-order valence-corrected chi connectivity index (χ1v) is 7.17. The molecular formula is C11H19N3O3S. The van der Waals surface area contributed by atoms with Gasteiger partial charge in [-0.25, -0.2) is 13.4 Å². The van der Waals surface area contributed by atoms with Crippen molar-refractivity contribution in [2.45, 2.75) is 24.9 Å². The second-order valence-electron chi connectivity index (χ2n) is 3.94. The number of sulfonamides is 1. The summed E-state index contributed by atoms with van der Waals surface area (Å²) >= 11 is 0. The summed E-state index contributed by atoms with van der Waals surface area (Å²) in [6.45, 7) is 3.88. The van der Waals surface area contributed by atoms with Crippen LogP contribution in [-0.4, -0.2) is 49.1 Å². The van der Waals surface area contributed by atoms with E-state index in [4.69, 9.17) is 5.11 Å². The van der Waals surface area contributed by atoms with Crippen LogP contribution < -0.4 is 5.32 Å². The monoisotopic (exact) mass is 273 g/mol. The Hall–Kier alpha value is -1.18. The average Bonchev–Trinajstić information content (AvgIpc) is 2.37. The fourth-order valence-electron chi connectivity index (χ4n) is 1.41. The molecule has 18 heavy (non-hydrogen) atoms. The fourth-order valence-corrected chi connectivity index (χ4v) is 2.84. The van der Waals surface area contributed by atoms with Gasteiger partial charge in [0.2, 0.25) is 0 Å². The maximum absolute atomic E-state index is 12.3. The van der Waals surface area contributed by atoms with Gasteiger partial charge in [0.05, 0.1) is 12.3 Å². The molecule has 1 aromatic rings. The van der Waals surface area contributed by atoms with Crippen molar-refractivity contribution in [2.24, 2.45) is 0 Å². The molecule has 0 aliphatic rings. The molecule has 2 N–H and O–H groups in total. The zero-order valence-electron chi connectivity index (χ0n) is 10.8. The Kier molecular flexibility index (Phi) is 5.06. The van der Waals surface area contributed by atoms with Gasteiger partial charge < -0.3 is 10.4 Å². The molecular weight excluding hydrogens is 254 g/mol. The molecule has 0 saturated heterocycles. The smallest absolute Gasteiger partial charge is 0.262 e. The first-order valence-electron chi connectivity index (χ1n) is 5.73. The van der Waals surface area contributed by atoms with Crippen molar-refractivity contribution in [1.82, 2.24) is 9.29 Å². The molecule has 0 radical (unpaired) electrons. The van der Waals surface area contributed by atoms with Crippen LogP contribution >= 0.6 is 0 Å². The summed E-state index contributed by atoms with van der Waals surface area (Å²) in [5, 5.41) is 12.0. The second kappa shape index (κ2) is 6.12. The minimum atomic E-state index is -3.70. The molecule has 0 saturated carbocycles. The van der Waals surface area contributed by atoms with Gasteiger partial charge in [-0.15, -0.1) is 0 Å². The molecule has 7 heteroatoms. The normalized spacial score (nSPS) is 13.6. The van der Waals surface area contributed by atoms with Crippen molar-refractivity contribution in [3.63, 3.8) is 0 Å². The topological polar surface area (TPSA) is 82.5 Å². The van der Waals surface area contributed by atoms with E-state index in [2.05, 4.69) is 10.3 Å². The highest BCUT2D eigenvalue weighted by Gasteiger charge is 2.28. The Bertz CT molecular complexity index is 490. The van der Waals surface area contributed by atoms with Crippen LogP contribution in [-0.2, 0) is 10.0 Å². The zero-order chi connectivity index (χ0) is 13.8. The third-order valence-electron chi connectivity index (χ3n) is 2.65. The first kappa shape index (κ1) is 14.9. The van der Waals surface area contributed by atoms with Crippen molar-refractivity contribution in [3.05, 3.63) is 18.3 Å². The van der Waals surface area contributed by atoms with Gasteiger partial charge in [-0.2, -0.15) is 4.31 Å². The van der Waals surface area contributed by atoms with Gasteiger partial charge >= 0.3 is 0 Å². The predicted octanol–water partition coefficient (Wildman–Crippen LogP) is 0.515. The summed E-state index contributed by atoms with van der Waals surface area (Å²) in [5.74, 6) is 0. The lowest BCUT2D eigenvalue weighted by molar-refractivity contribution is 0.213. The molecule has 1 unspecified atom stereocenters. The lowest BCUT2D eigenvalue weighted by Crippen LogP contribution is -2.38. The van der Waals surface area contributed by atoms with E-state index in [1.165, 1.54) is 13.2 Å². The van der Waals surface area contributed by atoms with Gasteiger partial charge in [0, 0.05) is 25.8 Å². The summed E-state index contributed by atoms with van der Waals surface area (Å²) in [6, 6.07) is 2.85. The highest BCUT2D eigenvalue weighted by molar-refractivity contribution is 7.89. The third-order valence-corrected chi connectivity index (χ3v) is 4.58. The Morgan fingerprint density at radius 3 is 2.78 bits per heavy atom. The number of aromatic nitrogens is 1. The van der Waals surface area contributed by atoms with Gasteiger partial charge in [-0.1, -0.05) is 0 Å². The molecule has 0 aliphatic heterocycles. The van der Waals surface area contributed by atoms with E-state index in [-0.39, 0.29) is 11.6 Å². The van der Waals surface area contributed by atoms with Gasteiger partial charge in [-0.05, 0) is 26.0 Å². The van der Waals surface area contributed by atoms with Crippen LogP contribution in [0.5, 0.6) is 0 Å². The van der Waals surface area contributed by atoms with Gasteiger partial charge in [0.25, 0.3) is 10.0 Å². The summed E-state index contributed by atoms with van der Waals surface area (Å²) < 4.78 is 25.8. The number of hydrogen-bond acceptors (Lipinski definition) is 5. The summed E-state index contributed by atoms with van der Waals surface area (Å²) in [7, 11) is -2.27. The number of nitrogens with zero attached hydrogens (tertiary/aromatic N) is 2. The van der Waals surface area contributed by atoms with Crippen LogP contribution in [0.15, 0.2) is 23.4 Å². The minimum absolute atomic E-state index is 0.0188. The van der Waals surface area contributed by atoms with Crippen molar-refractivity contribution in [2.75, 3.05) is 25.5 Å². The number of likely N-dealkylation sites (N-methyl/N-ethyl adjacent to an activating group) is 1. The molecule has 102 valence electrons. The van der Waals surface area contributed by atoms with Crippen molar-refractivity contribution >= 4 is 15.7 Å². The molecule has 0 bridgehead atoms. The Labute approximate surface area is 108 Å². The van der Waals surface area contributed by atoms with Crippen LogP contribution in [0.1, 0.15) is 13.8 Å². The first-order chi connectivity index (χ1) is 8.45. The number of aliphatic hydroxyl groups is 1. The van der Waals surface area contributed by atoms with Crippen molar-refractivity contribution < 1.29 is 13.5 Å². The van der Waals surface area contributed by atoms with E-state index < -0.39 is 16.1 Å². The zero-order valence-corrected chi connectivity index (χ0v) is 11.6. The lowest BCUT2D eigenvalue weighted by atomic mass is 10.4. The van der Waals surface area contributed by atoms with E-state index in [0.29, 0.717) is 12.2 Å². The van der Waals surface area contributed by atoms with E-state index in [1.807, 2.05) is 6.92 Å². The maximum atomic E-state index is 12.3. The molecule has 0 spiro atoms. The molecule has 1 atom stereocenters. The van der Waals surface area contributed by atoms with E-state index in [9.17, 15) is 8.42 Å². The van der Waals surface area contributed by atoms with E-state index in [0.717, 1.165) is 4.31 Å². The Balaban J connectivity index is 3.20. The summed E-state index contributed by atoms with van der Waals surface area (Å²) in [4.78, 5) is 3.93. The molecule has 0 aliphatic carbocycles. The molecule has 0 fully saturated rings. The Morgan fingerprint density at radius 2 is 2.22 bits per heavy atom. The number of nitrogens with one attached hydrogen (secondary N) is 1. The maximum Gasteiger partial charge on any atom is 0.262 e. The highest BCUT2D eigenvalue weighted by Crippen LogP contribution is 2.22. The molecule has 1 rings (SSSR count). The number of rotatable bonds is 6. The molecule has 0 aromatic carbocycles. The van der Waals surface area contributed by atoms with Crippen LogP contribution in [0.2, 0.25) is 0 Å². The van der Waals surface area contributed by atoms with Crippen LogP contribution in [0.4, 0.5) is 5.69 Å². The Morgan fingerprint density at radius 1 is 1.56 bits per heavy atom. The van der Waals surface area contributed by atoms with Crippen LogP contribution in [0.3, 0.4) is 0 Å². The number of anilines is 1. The number of pyridine rings is 1. The SMILES string of the molecule is CCNc1cccnc1S(=O)(=O)N(C)C(C)CO. The van der Waals surface area contributed by atoms with Gasteiger partial charge in [-0.3, -0.25) is 0 Å². The fraction of sp³-hybridized carbons (Fsp3) is 0.545. The lowest BCUT2D eigenvalue weighted by Gasteiger charge is -2.23. The second-order valence-corrected chi connectivity index (χ2v) is 5.85. The highest BCUT2D eigenvalue weighted by atomic mass is 32.2. The summed E-state index contributed by atoms with van der Waals surface area (Å²) in [6.07, 6.45) is 1.44. The quantitative estimate of drug-likeness (QED) is 0.789. The molecule has 6 nitrogen and oxygen atoms in total. The standard InChI is InChI=1S/C11H19N3O3S/c1-4-12-10-6-5-7-13-11(10)18(16,17)14(3)9(2)8-15/h5-7,9,12,15H,4,8H2,1-3H3. The van der Waals surface area contributed by atoms with Crippen LogP contribution in [0.25, 0.3) is 0 Å². The van der Waals surface area contributed by atoms with E-state index in [1.54, 1.807) is 19.1 Å². The minimum Gasteiger partial charge on any atom is -0.395 e. The average molecular weight is 273 g/mol. The molecule has 1 aromatic heterocycles.